The average Bonchev–Trinajstić information content (AvgIpc) is 2.92. The van der Waals surface area contributed by atoms with E-state index in [9.17, 15) is 9.59 Å². The summed E-state index contributed by atoms with van der Waals surface area (Å²) in [6.45, 7) is 3.63. The van der Waals surface area contributed by atoms with Gasteiger partial charge in [0.05, 0.1) is 11.7 Å². The molecule has 1 aromatic rings. The van der Waals surface area contributed by atoms with Crippen molar-refractivity contribution >= 4 is 17.6 Å². The van der Waals surface area contributed by atoms with E-state index in [0.717, 1.165) is 31.4 Å². The maximum atomic E-state index is 12.0. The predicted molar refractivity (Wildman–Crippen MR) is 77.6 cm³/mol. The van der Waals surface area contributed by atoms with Crippen LogP contribution in [0.15, 0.2) is 24.3 Å². The molecule has 1 fully saturated rings. The molecule has 0 spiro atoms. The van der Waals surface area contributed by atoms with Crippen LogP contribution in [0.2, 0.25) is 0 Å². The zero-order valence-corrected chi connectivity index (χ0v) is 12.0. The van der Waals surface area contributed by atoms with Gasteiger partial charge in [-0.15, -0.1) is 0 Å². The molecule has 1 aliphatic rings. The molecule has 0 atom stereocenters. The van der Waals surface area contributed by atoms with Crippen LogP contribution < -0.4 is 5.32 Å². The van der Waals surface area contributed by atoms with Crippen molar-refractivity contribution < 1.29 is 14.3 Å². The average molecular weight is 275 g/mol. The molecule has 0 aliphatic heterocycles. The fraction of sp³-hybridized carbons (Fsp3) is 0.500. The van der Waals surface area contributed by atoms with E-state index in [-0.39, 0.29) is 23.9 Å². The summed E-state index contributed by atoms with van der Waals surface area (Å²) in [6.07, 6.45) is 4.09. The molecule has 1 saturated carbocycles. The van der Waals surface area contributed by atoms with E-state index in [1.807, 2.05) is 13.8 Å². The second-order valence-corrected chi connectivity index (χ2v) is 5.50. The number of esters is 1. The second-order valence-electron chi connectivity index (χ2n) is 5.50. The number of ether oxygens (including phenoxy) is 1. The number of hydrogen-bond donors (Lipinski definition) is 1. The second kappa shape index (κ2) is 6.55. The lowest BCUT2D eigenvalue weighted by molar-refractivity contribution is -0.119. The molecule has 2 rings (SSSR count). The molecule has 0 bridgehead atoms. The van der Waals surface area contributed by atoms with Crippen molar-refractivity contribution in [2.24, 2.45) is 5.92 Å². The van der Waals surface area contributed by atoms with Crippen molar-refractivity contribution in [2.45, 2.75) is 45.6 Å². The first-order chi connectivity index (χ1) is 9.56. The number of amides is 1. The van der Waals surface area contributed by atoms with Crippen LogP contribution in [0.4, 0.5) is 5.69 Å². The van der Waals surface area contributed by atoms with Crippen LogP contribution in [0.25, 0.3) is 0 Å². The van der Waals surface area contributed by atoms with Crippen LogP contribution in [-0.2, 0) is 9.53 Å². The number of benzene rings is 1. The Kier molecular flexibility index (Phi) is 4.77. The number of rotatable bonds is 4. The third-order valence-corrected chi connectivity index (χ3v) is 3.46. The Morgan fingerprint density at radius 2 is 1.75 bits per heavy atom. The number of carbonyl (C=O) groups excluding carboxylic acids is 2. The minimum absolute atomic E-state index is 0.0833. The molecule has 0 heterocycles. The number of anilines is 1. The van der Waals surface area contributed by atoms with Gasteiger partial charge in [-0.05, 0) is 51.0 Å². The van der Waals surface area contributed by atoms with Crippen LogP contribution in [0.1, 0.15) is 49.9 Å². The monoisotopic (exact) mass is 275 g/mol. The highest BCUT2D eigenvalue weighted by molar-refractivity contribution is 5.94. The lowest BCUT2D eigenvalue weighted by atomic mass is 10.1. The quantitative estimate of drug-likeness (QED) is 0.857. The fourth-order valence-electron chi connectivity index (χ4n) is 2.40. The molecule has 108 valence electrons. The molecule has 0 radical (unpaired) electrons. The van der Waals surface area contributed by atoms with Gasteiger partial charge in [0, 0.05) is 11.6 Å². The van der Waals surface area contributed by atoms with Gasteiger partial charge in [-0.3, -0.25) is 4.79 Å². The smallest absolute Gasteiger partial charge is 0.338 e. The molecule has 1 amide bonds. The van der Waals surface area contributed by atoms with Crippen molar-refractivity contribution in [3.63, 3.8) is 0 Å². The molecule has 0 unspecified atom stereocenters. The number of nitrogens with one attached hydrogen (secondary N) is 1. The van der Waals surface area contributed by atoms with E-state index >= 15 is 0 Å². The maximum Gasteiger partial charge on any atom is 0.338 e. The van der Waals surface area contributed by atoms with E-state index in [4.69, 9.17) is 4.74 Å². The first kappa shape index (κ1) is 14.6. The summed E-state index contributed by atoms with van der Waals surface area (Å²) >= 11 is 0. The Morgan fingerprint density at radius 1 is 1.15 bits per heavy atom. The molecular formula is C16H21NO3. The largest absolute Gasteiger partial charge is 0.459 e. The fourth-order valence-corrected chi connectivity index (χ4v) is 2.40. The zero-order valence-electron chi connectivity index (χ0n) is 12.0. The summed E-state index contributed by atoms with van der Waals surface area (Å²) in [5, 5.41) is 2.90. The van der Waals surface area contributed by atoms with Gasteiger partial charge < -0.3 is 10.1 Å². The molecule has 0 aromatic heterocycles. The maximum absolute atomic E-state index is 12.0. The van der Waals surface area contributed by atoms with Gasteiger partial charge in [-0.1, -0.05) is 12.8 Å². The van der Waals surface area contributed by atoms with Gasteiger partial charge >= 0.3 is 5.97 Å². The zero-order chi connectivity index (χ0) is 14.5. The SMILES string of the molecule is CC(C)OC(=O)c1ccc(NC(=O)C2CCCC2)cc1. The van der Waals surface area contributed by atoms with E-state index < -0.39 is 0 Å². The third-order valence-electron chi connectivity index (χ3n) is 3.46. The van der Waals surface area contributed by atoms with Gasteiger partial charge in [-0.25, -0.2) is 4.79 Å². The first-order valence-electron chi connectivity index (χ1n) is 7.18. The summed E-state index contributed by atoms with van der Waals surface area (Å²) in [5.41, 5.74) is 1.22. The Morgan fingerprint density at radius 3 is 2.30 bits per heavy atom. The van der Waals surface area contributed by atoms with Gasteiger partial charge in [-0.2, -0.15) is 0 Å². The molecule has 20 heavy (non-hydrogen) atoms. The molecule has 4 nitrogen and oxygen atoms in total. The molecule has 1 N–H and O–H groups in total. The summed E-state index contributed by atoms with van der Waals surface area (Å²) in [7, 11) is 0. The van der Waals surface area contributed by atoms with Gasteiger partial charge in [0.1, 0.15) is 0 Å². The Hall–Kier alpha value is -1.84. The number of carbonyl (C=O) groups is 2. The van der Waals surface area contributed by atoms with Crippen LogP contribution in [0, 0.1) is 5.92 Å². The highest BCUT2D eigenvalue weighted by atomic mass is 16.5. The van der Waals surface area contributed by atoms with Gasteiger partial charge in [0.25, 0.3) is 0 Å². The van der Waals surface area contributed by atoms with Crippen molar-refractivity contribution in [1.82, 2.24) is 0 Å². The topological polar surface area (TPSA) is 55.4 Å². The summed E-state index contributed by atoms with van der Waals surface area (Å²) in [4.78, 5) is 23.7. The van der Waals surface area contributed by atoms with E-state index in [1.54, 1.807) is 24.3 Å². The van der Waals surface area contributed by atoms with Gasteiger partial charge in [0.15, 0.2) is 0 Å². The lowest BCUT2D eigenvalue weighted by Crippen LogP contribution is -2.20. The van der Waals surface area contributed by atoms with Crippen LogP contribution >= 0.6 is 0 Å². The summed E-state index contributed by atoms with van der Waals surface area (Å²) in [6, 6.07) is 6.83. The molecule has 1 aliphatic carbocycles. The summed E-state index contributed by atoms with van der Waals surface area (Å²) < 4.78 is 5.11. The van der Waals surface area contributed by atoms with E-state index in [1.165, 1.54) is 0 Å². The highest BCUT2D eigenvalue weighted by Crippen LogP contribution is 2.26. The Labute approximate surface area is 119 Å². The van der Waals surface area contributed by atoms with Crippen molar-refractivity contribution in [2.75, 3.05) is 5.32 Å². The minimum atomic E-state index is -0.339. The van der Waals surface area contributed by atoms with Gasteiger partial charge in [0.2, 0.25) is 5.91 Å². The molecular weight excluding hydrogens is 254 g/mol. The van der Waals surface area contributed by atoms with Crippen molar-refractivity contribution in [3.05, 3.63) is 29.8 Å². The predicted octanol–water partition coefficient (Wildman–Crippen LogP) is 3.38. The number of hydrogen-bond acceptors (Lipinski definition) is 3. The van der Waals surface area contributed by atoms with E-state index in [2.05, 4.69) is 5.32 Å². The van der Waals surface area contributed by atoms with Crippen molar-refractivity contribution in [1.29, 1.82) is 0 Å². The van der Waals surface area contributed by atoms with Crippen LogP contribution in [0.3, 0.4) is 0 Å². The third kappa shape index (κ3) is 3.83. The minimum Gasteiger partial charge on any atom is -0.459 e. The van der Waals surface area contributed by atoms with Crippen molar-refractivity contribution in [3.8, 4) is 0 Å². The first-order valence-corrected chi connectivity index (χ1v) is 7.18. The lowest BCUT2D eigenvalue weighted by Gasteiger charge is -2.11. The molecule has 1 aromatic carbocycles. The molecule has 0 saturated heterocycles. The normalized spacial score (nSPS) is 15.3. The van der Waals surface area contributed by atoms with Crippen LogP contribution in [0.5, 0.6) is 0 Å². The van der Waals surface area contributed by atoms with E-state index in [0.29, 0.717) is 5.56 Å². The Bertz CT molecular complexity index is 473. The highest BCUT2D eigenvalue weighted by Gasteiger charge is 2.22. The standard InChI is InChI=1S/C16H21NO3/c1-11(2)20-16(19)13-7-9-14(10-8-13)17-15(18)12-5-3-4-6-12/h7-12H,3-6H2,1-2H3,(H,17,18). The van der Waals surface area contributed by atoms with Crippen LogP contribution in [-0.4, -0.2) is 18.0 Å². The molecule has 4 heteroatoms. The Balaban J connectivity index is 1.94. The summed E-state index contributed by atoms with van der Waals surface area (Å²) in [5.74, 6) is -0.116.